The van der Waals surface area contributed by atoms with E-state index in [4.69, 9.17) is 10.5 Å². The summed E-state index contributed by atoms with van der Waals surface area (Å²) in [4.78, 5) is 21.8. The van der Waals surface area contributed by atoms with Crippen LogP contribution in [0.4, 0.5) is 9.18 Å². The third kappa shape index (κ3) is 2.43. The number of primary amides is 1. The minimum Gasteiger partial charge on any atom is -0.493 e. The fraction of sp³-hybridized carbons (Fsp3) is 0.111. The highest BCUT2D eigenvalue weighted by Crippen LogP contribution is 2.21. The average molecular weight is 212 g/mol. The molecule has 0 heterocycles. The standard InChI is InChI=1S/C9H9FN2O3/c1-15-7-5(3-2-4-6(7)10)8(13)12-9(11)14/h2-4H,1H3,(H3,11,12,13,14). The Morgan fingerprint density at radius 1 is 1.47 bits per heavy atom. The summed E-state index contributed by atoms with van der Waals surface area (Å²) >= 11 is 0. The number of carbonyl (C=O) groups is 2. The fourth-order valence-electron chi connectivity index (χ4n) is 1.07. The highest BCUT2D eigenvalue weighted by molar-refractivity contribution is 6.05. The number of rotatable bonds is 2. The molecule has 0 bridgehead atoms. The number of hydrogen-bond donors (Lipinski definition) is 2. The van der Waals surface area contributed by atoms with Crippen LogP contribution < -0.4 is 15.8 Å². The minimum absolute atomic E-state index is 0.0868. The molecule has 3 N–H and O–H groups in total. The van der Waals surface area contributed by atoms with Gasteiger partial charge in [-0.2, -0.15) is 0 Å². The Balaban J connectivity index is 3.08. The molecular formula is C9H9FN2O3. The molecule has 0 unspecified atom stereocenters. The van der Waals surface area contributed by atoms with Crippen LogP contribution in [0.15, 0.2) is 18.2 Å². The molecule has 15 heavy (non-hydrogen) atoms. The average Bonchev–Trinajstić information content (AvgIpc) is 2.16. The zero-order chi connectivity index (χ0) is 11.4. The summed E-state index contributed by atoms with van der Waals surface area (Å²) in [6.07, 6.45) is 0. The van der Waals surface area contributed by atoms with Crippen molar-refractivity contribution in [2.75, 3.05) is 7.11 Å². The summed E-state index contributed by atoms with van der Waals surface area (Å²) in [5, 5.41) is 1.81. The number of urea groups is 1. The van der Waals surface area contributed by atoms with Crippen LogP contribution in [0.25, 0.3) is 0 Å². The zero-order valence-corrected chi connectivity index (χ0v) is 7.91. The first kappa shape index (κ1) is 11.0. The summed E-state index contributed by atoms with van der Waals surface area (Å²) in [7, 11) is 1.22. The van der Waals surface area contributed by atoms with Crippen molar-refractivity contribution in [1.82, 2.24) is 5.32 Å². The van der Waals surface area contributed by atoms with Crippen LogP contribution in [0.1, 0.15) is 10.4 Å². The quantitative estimate of drug-likeness (QED) is 0.754. The molecule has 5 nitrogen and oxygen atoms in total. The van der Waals surface area contributed by atoms with E-state index < -0.39 is 17.8 Å². The number of nitrogens with two attached hydrogens (primary N) is 1. The molecule has 0 aromatic heterocycles. The third-order valence-electron chi connectivity index (χ3n) is 1.65. The lowest BCUT2D eigenvalue weighted by molar-refractivity contribution is 0.0962. The van der Waals surface area contributed by atoms with E-state index in [-0.39, 0.29) is 11.3 Å². The molecule has 80 valence electrons. The maximum absolute atomic E-state index is 13.1. The van der Waals surface area contributed by atoms with Crippen molar-refractivity contribution in [2.45, 2.75) is 0 Å². The Labute approximate surface area is 85.0 Å². The van der Waals surface area contributed by atoms with Gasteiger partial charge in [0.05, 0.1) is 12.7 Å². The van der Waals surface area contributed by atoms with Gasteiger partial charge in [-0.15, -0.1) is 0 Å². The van der Waals surface area contributed by atoms with Gasteiger partial charge in [0.2, 0.25) is 0 Å². The second kappa shape index (κ2) is 4.41. The molecule has 1 aromatic carbocycles. The molecule has 6 heteroatoms. The summed E-state index contributed by atoms with van der Waals surface area (Å²) in [6, 6.07) is 2.78. The van der Waals surface area contributed by atoms with E-state index in [1.54, 1.807) is 0 Å². The Bertz CT molecular complexity index is 406. The second-order valence-corrected chi connectivity index (χ2v) is 2.64. The van der Waals surface area contributed by atoms with Gasteiger partial charge in [-0.25, -0.2) is 9.18 Å². The Kier molecular flexibility index (Phi) is 3.22. The van der Waals surface area contributed by atoms with Gasteiger partial charge < -0.3 is 10.5 Å². The summed E-state index contributed by atoms with van der Waals surface area (Å²) in [5.74, 6) is -1.72. The number of amides is 3. The molecular weight excluding hydrogens is 203 g/mol. The number of ether oxygens (including phenoxy) is 1. The van der Waals surface area contributed by atoms with E-state index in [0.29, 0.717) is 0 Å². The number of benzene rings is 1. The third-order valence-corrected chi connectivity index (χ3v) is 1.65. The molecule has 0 atom stereocenters. The van der Waals surface area contributed by atoms with Crippen LogP contribution >= 0.6 is 0 Å². The highest BCUT2D eigenvalue weighted by Gasteiger charge is 2.16. The van der Waals surface area contributed by atoms with Gasteiger partial charge in [0.1, 0.15) is 0 Å². The molecule has 0 aliphatic rings. The lowest BCUT2D eigenvalue weighted by atomic mass is 10.2. The molecule has 3 amide bonds. The molecule has 1 aromatic rings. The van der Waals surface area contributed by atoms with Gasteiger partial charge in [-0.1, -0.05) is 6.07 Å². The SMILES string of the molecule is COc1c(F)cccc1C(=O)NC(N)=O. The molecule has 0 spiro atoms. The van der Waals surface area contributed by atoms with Crippen molar-refractivity contribution < 1.29 is 18.7 Å². The molecule has 0 radical (unpaired) electrons. The first-order valence-corrected chi connectivity index (χ1v) is 3.99. The van der Waals surface area contributed by atoms with Crippen LogP contribution in [0, 0.1) is 5.82 Å². The normalized spacial score (nSPS) is 9.47. The first-order chi connectivity index (χ1) is 7.06. The lowest BCUT2D eigenvalue weighted by Gasteiger charge is -2.07. The van der Waals surface area contributed by atoms with Crippen LogP contribution in [0.3, 0.4) is 0 Å². The lowest BCUT2D eigenvalue weighted by Crippen LogP contribution is -2.35. The van der Waals surface area contributed by atoms with Crippen LogP contribution in [0.5, 0.6) is 5.75 Å². The van der Waals surface area contributed by atoms with Gasteiger partial charge >= 0.3 is 6.03 Å². The largest absolute Gasteiger partial charge is 0.493 e. The summed E-state index contributed by atoms with van der Waals surface area (Å²) in [6.45, 7) is 0. The molecule has 0 aliphatic carbocycles. The Morgan fingerprint density at radius 2 is 2.13 bits per heavy atom. The summed E-state index contributed by atoms with van der Waals surface area (Å²) in [5.41, 5.74) is 4.67. The number of nitrogens with one attached hydrogen (secondary N) is 1. The highest BCUT2D eigenvalue weighted by atomic mass is 19.1. The smallest absolute Gasteiger partial charge is 0.319 e. The maximum atomic E-state index is 13.1. The first-order valence-electron chi connectivity index (χ1n) is 3.99. The van der Waals surface area contributed by atoms with Crippen LogP contribution in [-0.4, -0.2) is 19.0 Å². The van der Waals surface area contributed by atoms with E-state index in [1.807, 2.05) is 5.32 Å². The number of hydrogen-bond acceptors (Lipinski definition) is 3. The second-order valence-electron chi connectivity index (χ2n) is 2.64. The molecule has 0 fully saturated rings. The zero-order valence-electron chi connectivity index (χ0n) is 7.91. The maximum Gasteiger partial charge on any atom is 0.319 e. The van der Waals surface area contributed by atoms with Crippen LogP contribution in [-0.2, 0) is 0 Å². The van der Waals surface area contributed by atoms with Crippen molar-refractivity contribution >= 4 is 11.9 Å². The van der Waals surface area contributed by atoms with Crippen molar-refractivity contribution in [1.29, 1.82) is 0 Å². The monoisotopic (exact) mass is 212 g/mol. The minimum atomic E-state index is -1.01. The Hall–Kier alpha value is -2.11. The molecule has 0 saturated heterocycles. The van der Waals surface area contributed by atoms with E-state index in [2.05, 4.69) is 0 Å². The van der Waals surface area contributed by atoms with E-state index in [1.165, 1.54) is 19.2 Å². The molecule has 0 aliphatic heterocycles. The van der Waals surface area contributed by atoms with Gasteiger partial charge in [0, 0.05) is 0 Å². The number of methoxy groups -OCH3 is 1. The topological polar surface area (TPSA) is 81.4 Å². The van der Waals surface area contributed by atoms with Gasteiger partial charge in [-0.3, -0.25) is 10.1 Å². The van der Waals surface area contributed by atoms with E-state index in [0.717, 1.165) is 6.07 Å². The Morgan fingerprint density at radius 3 is 2.67 bits per heavy atom. The van der Waals surface area contributed by atoms with Crippen molar-refractivity contribution in [3.05, 3.63) is 29.6 Å². The van der Waals surface area contributed by atoms with Gasteiger partial charge in [0.15, 0.2) is 11.6 Å². The number of imide groups is 1. The molecule has 0 saturated carbocycles. The number of carbonyl (C=O) groups excluding carboxylic acids is 2. The van der Waals surface area contributed by atoms with E-state index in [9.17, 15) is 14.0 Å². The van der Waals surface area contributed by atoms with Crippen LogP contribution in [0.2, 0.25) is 0 Å². The number of para-hydroxylation sites is 1. The van der Waals surface area contributed by atoms with Crippen molar-refractivity contribution in [2.24, 2.45) is 5.73 Å². The predicted octanol–water partition coefficient (Wildman–Crippen LogP) is 0.643. The van der Waals surface area contributed by atoms with Crippen molar-refractivity contribution in [3.63, 3.8) is 0 Å². The molecule has 1 rings (SSSR count). The predicted molar refractivity (Wildman–Crippen MR) is 50.0 cm³/mol. The van der Waals surface area contributed by atoms with Gasteiger partial charge in [0.25, 0.3) is 5.91 Å². The number of halogens is 1. The van der Waals surface area contributed by atoms with Gasteiger partial charge in [-0.05, 0) is 12.1 Å². The summed E-state index contributed by atoms with van der Waals surface area (Å²) < 4.78 is 17.8. The fourth-order valence-corrected chi connectivity index (χ4v) is 1.07. The van der Waals surface area contributed by atoms with E-state index >= 15 is 0 Å². The van der Waals surface area contributed by atoms with Crippen molar-refractivity contribution in [3.8, 4) is 5.75 Å².